The van der Waals surface area contributed by atoms with E-state index in [9.17, 15) is 0 Å². The molecule has 0 saturated carbocycles. The third kappa shape index (κ3) is 7.68. The van der Waals surface area contributed by atoms with E-state index in [-0.39, 0.29) is 0 Å². The lowest BCUT2D eigenvalue weighted by Gasteiger charge is -2.10. The molecule has 0 fully saturated rings. The molecule has 1 heteroatoms. The van der Waals surface area contributed by atoms with Crippen LogP contribution in [-0.4, -0.2) is 0 Å². The predicted octanol–water partition coefficient (Wildman–Crippen LogP) is 6.80. The van der Waals surface area contributed by atoms with Gasteiger partial charge in [-0.2, -0.15) is 0 Å². The summed E-state index contributed by atoms with van der Waals surface area (Å²) in [7, 11) is 0. The van der Waals surface area contributed by atoms with Crippen LogP contribution < -0.4 is 5.73 Å². The van der Waals surface area contributed by atoms with Crippen molar-refractivity contribution in [1.29, 1.82) is 0 Å². The maximum atomic E-state index is 5.73. The first-order valence-electron chi connectivity index (χ1n) is 8.11. The van der Waals surface area contributed by atoms with Gasteiger partial charge in [-0.3, -0.25) is 0 Å². The number of benzene rings is 1. The van der Waals surface area contributed by atoms with E-state index in [1.807, 2.05) is 84.9 Å². The van der Waals surface area contributed by atoms with Gasteiger partial charge < -0.3 is 5.73 Å². The highest BCUT2D eigenvalue weighted by molar-refractivity contribution is 5.81. The average Bonchev–Trinajstić information content (AvgIpc) is 2.55. The van der Waals surface area contributed by atoms with Gasteiger partial charge in [-0.25, -0.2) is 0 Å². The van der Waals surface area contributed by atoms with Crippen molar-refractivity contribution in [2.75, 3.05) is 5.73 Å². The van der Waals surface area contributed by atoms with E-state index in [1.165, 1.54) is 5.57 Å². The van der Waals surface area contributed by atoms with Gasteiger partial charge in [0.25, 0.3) is 0 Å². The Morgan fingerprint density at radius 3 is 1.73 bits per heavy atom. The van der Waals surface area contributed by atoms with Crippen molar-refractivity contribution in [2.45, 2.75) is 48.5 Å². The normalized spacial score (nSPS) is 11.2. The monoisotopic (exact) mass is 299 g/mol. The number of allylic oxidation sites excluding steroid dienone is 7. The van der Waals surface area contributed by atoms with Crippen LogP contribution in [0.5, 0.6) is 0 Å². The van der Waals surface area contributed by atoms with Crippen LogP contribution in [0.1, 0.15) is 54.0 Å². The Morgan fingerprint density at radius 2 is 1.36 bits per heavy atom. The minimum atomic E-state index is 0.779. The molecule has 0 aliphatic heterocycles. The summed E-state index contributed by atoms with van der Waals surface area (Å²) in [6.45, 7) is 18.1. The number of hydrogen-bond donors (Lipinski definition) is 1. The van der Waals surface area contributed by atoms with Gasteiger partial charge in [0.05, 0.1) is 0 Å². The lowest BCUT2D eigenvalue weighted by Crippen LogP contribution is -1.91. The average molecular weight is 300 g/mol. The van der Waals surface area contributed by atoms with E-state index < -0.39 is 0 Å². The van der Waals surface area contributed by atoms with E-state index in [0.717, 1.165) is 22.4 Å². The van der Waals surface area contributed by atoms with Gasteiger partial charge in [-0.15, -0.1) is 0 Å². The van der Waals surface area contributed by atoms with Gasteiger partial charge in [0.2, 0.25) is 0 Å². The number of rotatable bonds is 4. The second-order valence-electron chi connectivity index (χ2n) is 4.23. The molecule has 1 rings (SSSR count). The molecular weight excluding hydrogens is 266 g/mol. The van der Waals surface area contributed by atoms with Crippen LogP contribution >= 0.6 is 0 Å². The van der Waals surface area contributed by atoms with Crippen molar-refractivity contribution in [2.24, 2.45) is 0 Å². The Bertz CT molecular complexity index is 499. The Morgan fingerprint density at radius 1 is 0.909 bits per heavy atom. The summed E-state index contributed by atoms with van der Waals surface area (Å²) in [5.74, 6) is 0. The van der Waals surface area contributed by atoms with Gasteiger partial charge in [0.15, 0.2) is 0 Å². The SMILES string of the molecule is C=C(C)C(/C=C\C)=C(\C=C/C)c1ccc(N)cc1.CC.CC. The van der Waals surface area contributed by atoms with Crippen LogP contribution in [0.25, 0.3) is 5.57 Å². The second-order valence-corrected chi connectivity index (χ2v) is 4.23. The first-order chi connectivity index (χ1) is 10.6. The lowest BCUT2D eigenvalue weighted by atomic mass is 9.95. The van der Waals surface area contributed by atoms with Crippen molar-refractivity contribution in [1.82, 2.24) is 0 Å². The topological polar surface area (TPSA) is 26.0 Å². The van der Waals surface area contributed by atoms with Crippen molar-refractivity contribution < 1.29 is 0 Å². The fraction of sp³-hybridized carbons (Fsp3) is 0.333. The third-order valence-electron chi connectivity index (χ3n) is 2.64. The van der Waals surface area contributed by atoms with Gasteiger partial charge in [-0.1, -0.05) is 76.3 Å². The van der Waals surface area contributed by atoms with Crippen LogP contribution in [0.3, 0.4) is 0 Å². The van der Waals surface area contributed by atoms with E-state index in [2.05, 4.69) is 18.7 Å². The lowest BCUT2D eigenvalue weighted by molar-refractivity contribution is 1.43. The van der Waals surface area contributed by atoms with Gasteiger partial charge in [0.1, 0.15) is 0 Å². The number of nitrogens with two attached hydrogens (primary N) is 1. The predicted molar refractivity (Wildman–Crippen MR) is 105 cm³/mol. The van der Waals surface area contributed by atoms with Crippen molar-refractivity contribution in [3.8, 4) is 0 Å². The first-order valence-corrected chi connectivity index (χ1v) is 8.11. The molecule has 1 nitrogen and oxygen atoms in total. The summed E-state index contributed by atoms with van der Waals surface area (Å²) in [5, 5.41) is 0. The summed E-state index contributed by atoms with van der Waals surface area (Å²) in [6.07, 6.45) is 8.27. The molecule has 0 unspecified atom stereocenters. The zero-order valence-electron chi connectivity index (χ0n) is 15.4. The fourth-order valence-electron chi connectivity index (χ4n) is 1.80. The summed E-state index contributed by atoms with van der Waals surface area (Å²) >= 11 is 0. The third-order valence-corrected chi connectivity index (χ3v) is 2.64. The quantitative estimate of drug-likeness (QED) is 0.480. The number of nitrogen functional groups attached to an aromatic ring is 1. The summed E-state index contributed by atoms with van der Waals surface area (Å²) < 4.78 is 0. The molecule has 0 amide bonds. The molecule has 0 radical (unpaired) electrons. The highest BCUT2D eigenvalue weighted by atomic mass is 14.5. The maximum absolute atomic E-state index is 5.73. The largest absolute Gasteiger partial charge is 0.399 e. The molecule has 2 N–H and O–H groups in total. The molecule has 1 aromatic rings. The minimum Gasteiger partial charge on any atom is -0.399 e. The van der Waals surface area contributed by atoms with E-state index in [1.54, 1.807) is 0 Å². The van der Waals surface area contributed by atoms with Crippen LogP contribution in [0.15, 0.2) is 66.3 Å². The molecule has 0 aliphatic rings. The highest BCUT2D eigenvalue weighted by Gasteiger charge is 2.05. The zero-order chi connectivity index (χ0) is 17.5. The van der Waals surface area contributed by atoms with Crippen molar-refractivity contribution in [3.63, 3.8) is 0 Å². The maximum Gasteiger partial charge on any atom is 0.0314 e. The van der Waals surface area contributed by atoms with Gasteiger partial charge >= 0.3 is 0 Å². The van der Waals surface area contributed by atoms with Crippen LogP contribution in [0, 0.1) is 0 Å². The van der Waals surface area contributed by atoms with Crippen LogP contribution in [-0.2, 0) is 0 Å². The molecule has 0 spiro atoms. The Labute approximate surface area is 137 Å². The molecule has 0 bridgehead atoms. The highest BCUT2D eigenvalue weighted by Crippen LogP contribution is 2.26. The van der Waals surface area contributed by atoms with Crippen LogP contribution in [0.2, 0.25) is 0 Å². The Hall–Kier alpha value is -2.02. The van der Waals surface area contributed by atoms with Gasteiger partial charge in [0, 0.05) is 5.69 Å². The molecule has 22 heavy (non-hydrogen) atoms. The second kappa shape index (κ2) is 13.9. The molecule has 0 aromatic heterocycles. The molecule has 1 aromatic carbocycles. The minimum absolute atomic E-state index is 0.779. The van der Waals surface area contributed by atoms with E-state index in [0.29, 0.717) is 0 Å². The number of anilines is 1. The standard InChI is InChI=1S/C17H21N.2C2H6/c1-5-7-16(13(3)4)17(8-6-2)14-9-11-15(18)12-10-14;2*1-2/h5-12H,3,18H2,1-2,4H3;2*1-2H3/b7-5-,8-6-,17-16+;;. The first kappa shape index (κ1) is 22.3. The van der Waals surface area contributed by atoms with E-state index in [4.69, 9.17) is 5.73 Å². The fourth-order valence-corrected chi connectivity index (χ4v) is 1.80. The van der Waals surface area contributed by atoms with Crippen LogP contribution in [0.4, 0.5) is 5.69 Å². The molecule has 0 heterocycles. The molecule has 122 valence electrons. The summed E-state index contributed by atoms with van der Waals surface area (Å²) in [6, 6.07) is 7.92. The number of hydrogen-bond acceptors (Lipinski definition) is 1. The molecular formula is C21H33N. The molecule has 0 atom stereocenters. The van der Waals surface area contributed by atoms with Crippen molar-refractivity contribution >= 4 is 11.3 Å². The van der Waals surface area contributed by atoms with Crippen molar-refractivity contribution in [3.05, 3.63) is 71.9 Å². The Kier molecular flexibility index (Phi) is 14.1. The zero-order valence-corrected chi connectivity index (χ0v) is 15.4. The van der Waals surface area contributed by atoms with E-state index >= 15 is 0 Å². The molecule has 0 saturated heterocycles. The summed E-state index contributed by atoms with van der Waals surface area (Å²) in [5.41, 5.74) is 11.0. The smallest absolute Gasteiger partial charge is 0.0314 e. The molecule has 0 aliphatic carbocycles. The van der Waals surface area contributed by atoms with Gasteiger partial charge in [-0.05, 0) is 49.6 Å². The summed E-state index contributed by atoms with van der Waals surface area (Å²) in [4.78, 5) is 0. The Balaban J connectivity index is 0.